The maximum absolute atomic E-state index is 11.9. The summed E-state index contributed by atoms with van der Waals surface area (Å²) in [6.45, 7) is 0.300. The third-order valence-corrected chi connectivity index (χ3v) is 4.49. The van der Waals surface area contributed by atoms with Crippen molar-refractivity contribution in [3.8, 4) is 6.07 Å². The van der Waals surface area contributed by atoms with Gasteiger partial charge in [0.25, 0.3) is 0 Å². The van der Waals surface area contributed by atoms with E-state index in [1.165, 1.54) is 18.2 Å². The number of aliphatic hydroxyl groups is 1. The summed E-state index contributed by atoms with van der Waals surface area (Å²) in [6, 6.07) is 5.61. The molecule has 0 spiro atoms. The fraction of sp³-hybridized carbons (Fsp3) is 0.273. The van der Waals surface area contributed by atoms with Gasteiger partial charge in [-0.2, -0.15) is 5.26 Å². The van der Waals surface area contributed by atoms with Crippen molar-refractivity contribution in [2.75, 3.05) is 6.54 Å². The minimum atomic E-state index is -3.99. The van der Waals surface area contributed by atoms with Crippen molar-refractivity contribution in [3.05, 3.63) is 28.2 Å². The highest BCUT2D eigenvalue weighted by molar-refractivity contribution is 9.10. The zero-order chi connectivity index (χ0) is 15.6. The van der Waals surface area contributed by atoms with Gasteiger partial charge >= 0.3 is 5.97 Å². The van der Waals surface area contributed by atoms with Gasteiger partial charge in [0.05, 0.1) is 17.0 Å². The van der Waals surface area contributed by atoms with Crippen LogP contribution in [0.5, 0.6) is 0 Å². The lowest BCUT2D eigenvalue weighted by Gasteiger charge is -2.18. The highest BCUT2D eigenvalue weighted by Crippen LogP contribution is 2.20. The molecule has 0 aromatic heterocycles. The van der Waals surface area contributed by atoms with E-state index in [1.54, 1.807) is 0 Å². The highest BCUT2D eigenvalue weighted by atomic mass is 79.9. The normalized spacial score (nSPS) is 14.3. The Morgan fingerprint density at radius 1 is 1.55 bits per heavy atom. The molecule has 1 aromatic carbocycles. The van der Waals surface area contributed by atoms with Crippen LogP contribution < -0.4 is 4.72 Å². The standard InChI is InChI=1S/C11H11BrN2O5S/c1-11(17,10(15)16)6-14-20(18,19)8-3-2-7(5-13)9(12)4-8/h2-4,14,17H,6H2,1H3,(H,15,16). The van der Waals surface area contributed by atoms with Crippen LogP contribution in [0.1, 0.15) is 12.5 Å². The summed E-state index contributed by atoms with van der Waals surface area (Å²) in [6.07, 6.45) is 0. The Labute approximate surface area is 124 Å². The molecule has 1 atom stereocenters. The molecule has 0 amide bonds. The summed E-state index contributed by atoms with van der Waals surface area (Å²) in [5, 5.41) is 26.9. The molecule has 108 valence electrons. The van der Waals surface area contributed by atoms with Crippen molar-refractivity contribution in [3.63, 3.8) is 0 Å². The van der Waals surface area contributed by atoms with Crippen LogP contribution in [0.25, 0.3) is 0 Å². The number of rotatable bonds is 5. The van der Waals surface area contributed by atoms with Gasteiger partial charge in [0.2, 0.25) is 10.0 Å². The molecule has 1 rings (SSSR count). The number of aliphatic carboxylic acids is 1. The van der Waals surface area contributed by atoms with E-state index in [4.69, 9.17) is 10.4 Å². The minimum Gasteiger partial charge on any atom is -0.479 e. The van der Waals surface area contributed by atoms with Crippen molar-refractivity contribution < 1.29 is 23.4 Å². The molecule has 1 unspecified atom stereocenters. The molecular weight excluding hydrogens is 352 g/mol. The first-order valence-electron chi connectivity index (χ1n) is 5.25. The van der Waals surface area contributed by atoms with E-state index in [0.29, 0.717) is 4.47 Å². The summed E-state index contributed by atoms with van der Waals surface area (Å²) in [4.78, 5) is 10.5. The van der Waals surface area contributed by atoms with Gasteiger partial charge in [-0.3, -0.25) is 0 Å². The Morgan fingerprint density at radius 2 is 2.15 bits per heavy atom. The number of carboxylic acids is 1. The van der Waals surface area contributed by atoms with E-state index in [-0.39, 0.29) is 10.5 Å². The molecular formula is C11H11BrN2O5S. The van der Waals surface area contributed by atoms with Gasteiger partial charge in [-0.25, -0.2) is 17.9 Å². The predicted octanol–water partition coefficient (Wildman–Crippen LogP) is 0.435. The van der Waals surface area contributed by atoms with Gasteiger partial charge < -0.3 is 10.2 Å². The Hall–Kier alpha value is -1.47. The van der Waals surface area contributed by atoms with Crippen LogP contribution in [0, 0.1) is 11.3 Å². The fourth-order valence-corrected chi connectivity index (χ4v) is 2.93. The average Bonchev–Trinajstić information content (AvgIpc) is 2.36. The largest absolute Gasteiger partial charge is 0.479 e. The molecule has 1 aromatic rings. The molecule has 7 nitrogen and oxygen atoms in total. The number of hydrogen-bond donors (Lipinski definition) is 3. The molecule has 0 bridgehead atoms. The van der Waals surface area contributed by atoms with Gasteiger partial charge in [0.1, 0.15) is 6.07 Å². The van der Waals surface area contributed by atoms with Crippen LogP contribution in [-0.4, -0.2) is 36.7 Å². The third kappa shape index (κ3) is 3.77. The second-order valence-corrected chi connectivity index (χ2v) is 6.78. The molecule has 9 heteroatoms. The lowest BCUT2D eigenvalue weighted by Crippen LogP contribution is -2.46. The summed E-state index contributed by atoms with van der Waals surface area (Å²) < 4.78 is 26.2. The maximum atomic E-state index is 11.9. The summed E-state index contributed by atoms with van der Waals surface area (Å²) in [5.41, 5.74) is -1.95. The van der Waals surface area contributed by atoms with Crippen molar-refractivity contribution in [1.82, 2.24) is 4.72 Å². The molecule has 0 aliphatic rings. The number of nitriles is 1. The van der Waals surface area contributed by atoms with Crippen LogP contribution in [0.2, 0.25) is 0 Å². The van der Waals surface area contributed by atoms with Crippen LogP contribution in [-0.2, 0) is 14.8 Å². The van der Waals surface area contributed by atoms with Crippen LogP contribution in [0.3, 0.4) is 0 Å². The van der Waals surface area contributed by atoms with Crippen molar-refractivity contribution in [2.45, 2.75) is 17.4 Å². The monoisotopic (exact) mass is 362 g/mol. The van der Waals surface area contributed by atoms with Gasteiger partial charge in [-0.1, -0.05) is 0 Å². The summed E-state index contributed by atoms with van der Waals surface area (Å²) in [7, 11) is -3.99. The zero-order valence-electron chi connectivity index (χ0n) is 10.3. The Bertz CT molecular complexity index is 679. The van der Waals surface area contributed by atoms with Crippen LogP contribution >= 0.6 is 15.9 Å². The van der Waals surface area contributed by atoms with Crippen molar-refractivity contribution in [2.24, 2.45) is 0 Å². The summed E-state index contributed by atoms with van der Waals surface area (Å²) >= 11 is 3.06. The number of hydrogen-bond acceptors (Lipinski definition) is 5. The molecule has 0 heterocycles. The van der Waals surface area contributed by atoms with Gasteiger partial charge in [0, 0.05) is 4.47 Å². The number of sulfonamides is 1. The van der Waals surface area contributed by atoms with Crippen molar-refractivity contribution in [1.29, 1.82) is 5.26 Å². The van der Waals surface area contributed by atoms with E-state index < -0.39 is 28.1 Å². The number of benzene rings is 1. The van der Waals surface area contributed by atoms with Gasteiger partial charge in [0.15, 0.2) is 5.60 Å². The average molecular weight is 363 g/mol. The zero-order valence-corrected chi connectivity index (χ0v) is 12.7. The second kappa shape index (κ2) is 5.88. The number of carboxylic acid groups (broad SMARTS) is 1. The first-order chi connectivity index (χ1) is 9.10. The highest BCUT2D eigenvalue weighted by Gasteiger charge is 2.31. The molecule has 0 aliphatic heterocycles. The van der Waals surface area contributed by atoms with Crippen LogP contribution in [0.4, 0.5) is 0 Å². The number of nitrogens with zero attached hydrogens (tertiary/aromatic N) is 1. The topological polar surface area (TPSA) is 127 Å². The molecule has 0 saturated carbocycles. The molecule has 0 saturated heterocycles. The van der Waals surface area contributed by atoms with E-state index in [2.05, 4.69) is 15.9 Å². The Morgan fingerprint density at radius 3 is 2.60 bits per heavy atom. The Balaban J connectivity index is 2.99. The van der Waals surface area contributed by atoms with E-state index >= 15 is 0 Å². The molecule has 0 fully saturated rings. The number of carbonyl (C=O) groups is 1. The Kier molecular flexibility index (Phi) is 4.88. The SMILES string of the molecule is CC(O)(CNS(=O)(=O)c1ccc(C#N)c(Br)c1)C(=O)O. The van der Waals surface area contributed by atoms with E-state index in [9.17, 15) is 18.3 Å². The molecule has 3 N–H and O–H groups in total. The number of halogens is 1. The lowest BCUT2D eigenvalue weighted by molar-refractivity contribution is -0.155. The second-order valence-electron chi connectivity index (χ2n) is 4.16. The minimum absolute atomic E-state index is 0.149. The smallest absolute Gasteiger partial charge is 0.336 e. The van der Waals surface area contributed by atoms with E-state index in [1.807, 2.05) is 10.8 Å². The van der Waals surface area contributed by atoms with E-state index in [0.717, 1.165) is 6.92 Å². The van der Waals surface area contributed by atoms with Gasteiger partial charge in [-0.15, -0.1) is 0 Å². The summed E-state index contributed by atoms with van der Waals surface area (Å²) in [5.74, 6) is -1.54. The first kappa shape index (κ1) is 16.6. The quantitative estimate of drug-likeness (QED) is 0.696. The van der Waals surface area contributed by atoms with Crippen LogP contribution in [0.15, 0.2) is 27.6 Å². The molecule has 0 radical (unpaired) electrons. The predicted molar refractivity (Wildman–Crippen MR) is 72.3 cm³/mol. The number of nitrogens with one attached hydrogen (secondary N) is 1. The fourth-order valence-electron chi connectivity index (χ4n) is 1.15. The molecule has 20 heavy (non-hydrogen) atoms. The van der Waals surface area contributed by atoms with Gasteiger partial charge in [-0.05, 0) is 41.1 Å². The van der Waals surface area contributed by atoms with Crippen molar-refractivity contribution >= 4 is 31.9 Å². The first-order valence-corrected chi connectivity index (χ1v) is 7.53. The maximum Gasteiger partial charge on any atom is 0.336 e. The lowest BCUT2D eigenvalue weighted by atomic mass is 10.1. The molecule has 0 aliphatic carbocycles. The third-order valence-electron chi connectivity index (χ3n) is 2.44.